The second-order valence-electron chi connectivity index (χ2n) is 4.40. The molecule has 4 heteroatoms. The van der Waals surface area contributed by atoms with E-state index < -0.39 is 5.97 Å². The lowest BCUT2D eigenvalue weighted by Crippen LogP contribution is -1.93. The van der Waals surface area contributed by atoms with Gasteiger partial charge >= 0.3 is 5.97 Å². The van der Waals surface area contributed by atoms with E-state index in [4.69, 9.17) is 9.52 Å². The predicted molar refractivity (Wildman–Crippen MR) is 66.4 cm³/mol. The number of rotatable bonds is 3. The highest BCUT2D eigenvalue weighted by atomic mass is 16.4. The Morgan fingerprint density at radius 1 is 1.39 bits per heavy atom. The first-order valence-corrected chi connectivity index (χ1v) is 5.63. The molecule has 0 unspecified atom stereocenters. The molecule has 0 aliphatic heterocycles. The van der Waals surface area contributed by atoms with Crippen LogP contribution in [0.2, 0.25) is 0 Å². The first-order chi connectivity index (χ1) is 8.47. The van der Waals surface area contributed by atoms with Crippen LogP contribution in [0.25, 0.3) is 17.0 Å². The van der Waals surface area contributed by atoms with Crippen molar-refractivity contribution in [2.24, 2.45) is 0 Å². The Morgan fingerprint density at radius 3 is 2.72 bits per heavy atom. The summed E-state index contributed by atoms with van der Waals surface area (Å²) in [5.74, 6) is -0.275. The summed E-state index contributed by atoms with van der Waals surface area (Å²) < 4.78 is 5.55. The summed E-state index contributed by atoms with van der Waals surface area (Å²) in [7, 11) is 0. The smallest absolute Gasteiger partial charge is 0.328 e. The molecule has 0 saturated heterocycles. The van der Waals surface area contributed by atoms with Crippen LogP contribution < -0.4 is 5.11 Å². The fourth-order valence-corrected chi connectivity index (χ4v) is 1.68. The van der Waals surface area contributed by atoms with Crippen molar-refractivity contribution in [1.82, 2.24) is 0 Å². The van der Waals surface area contributed by atoms with Gasteiger partial charge in [-0.25, -0.2) is 4.79 Å². The second kappa shape index (κ2) is 4.56. The summed E-state index contributed by atoms with van der Waals surface area (Å²) in [6.07, 6.45) is 2.25. The van der Waals surface area contributed by atoms with Gasteiger partial charge in [0.25, 0.3) is 0 Å². The van der Waals surface area contributed by atoms with E-state index in [0.717, 1.165) is 17.2 Å². The Bertz CT molecular complexity index is 620. The molecular weight excluding hydrogens is 232 g/mol. The fourth-order valence-electron chi connectivity index (χ4n) is 1.68. The molecule has 2 rings (SSSR count). The number of benzene rings is 1. The molecule has 4 nitrogen and oxygen atoms in total. The molecule has 1 aromatic heterocycles. The molecule has 0 saturated carbocycles. The van der Waals surface area contributed by atoms with Crippen molar-refractivity contribution >= 4 is 23.0 Å². The molecule has 0 aliphatic rings. The lowest BCUT2D eigenvalue weighted by atomic mass is 10.1. The van der Waals surface area contributed by atoms with Crippen LogP contribution in [0.3, 0.4) is 0 Å². The zero-order chi connectivity index (χ0) is 13.3. The maximum atomic E-state index is 11.7. The number of hydrogen-bond acceptors (Lipinski definition) is 3. The van der Waals surface area contributed by atoms with E-state index in [9.17, 15) is 9.90 Å². The highest BCUT2D eigenvalue weighted by Gasteiger charge is 2.07. The number of aliphatic carboxylic acids is 1. The highest BCUT2D eigenvalue weighted by molar-refractivity contribution is 5.89. The molecule has 2 aromatic rings. The summed E-state index contributed by atoms with van der Waals surface area (Å²) >= 11 is 0. The molecule has 1 heterocycles. The molecule has 0 bridgehead atoms. The van der Waals surface area contributed by atoms with Crippen molar-refractivity contribution in [3.63, 3.8) is 0 Å². The van der Waals surface area contributed by atoms with E-state index in [1.807, 2.05) is 19.9 Å². The van der Waals surface area contributed by atoms with E-state index in [-0.39, 0.29) is 11.7 Å². The van der Waals surface area contributed by atoms with Crippen molar-refractivity contribution in [3.8, 4) is 5.75 Å². The van der Waals surface area contributed by atoms with Crippen LogP contribution >= 0.6 is 0 Å². The number of furan rings is 1. The molecule has 0 atom stereocenters. The standard InChI is InChI=1S/C14H14O4/c1-8(2)12-6-10-5-9(3-4-14(16)17)11(15)7-13(10)18-12/h3-8,15H,1-2H3,(H,16,17)/p-1/b4-3+. The van der Waals surface area contributed by atoms with Gasteiger partial charge in [0.15, 0.2) is 0 Å². The molecule has 0 amide bonds. The molecule has 1 aromatic carbocycles. The third-order valence-corrected chi connectivity index (χ3v) is 2.64. The lowest BCUT2D eigenvalue weighted by molar-refractivity contribution is -0.268. The summed E-state index contributed by atoms with van der Waals surface area (Å²) in [5.41, 5.74) is 0.886. The zero-order valence-corrected chi connectivity index (χ0v) is 10.1. The minimum atomic E-state index is -1.08. The molecule has 0 spiro atoms. The first kappa shape index (κ1) is 12.2. The normalized spacial score (nSPS) is 11.7. The summed E-state index contributed by atoms with van der Waals surface area (Å²) in [4.78, 5) is 10.4. The van der Waals surface area contributed by atoms with Crippen LogP contribution in [0.15, 0.2) is 28.7 Å². The van der Waals surface area contributed by atoms with Gasteiger partial charge in [-0.1, -0.05) is 19.6 Å². The van der Waals surface area contributed by atoms with Crippen molar-refractivity contribution in [1.29, 1.82) is 0 Å². The average molecular weight is 245 g/mol. The van der Waals surface area contributed by atoms with Crippen LogP contribution in [0.1, 0.15) is 31.1 Å². The van der Waals surface area contributed by atoms with Gasteiger partial charge in [-0.2, -0.15) is 0 Å². The van der Waals surface area contributed by atoms with Gasteiger partial charge < -0.3 is 14.6 Å². The third-order valence-electron chi connectivity index (χ3n) is 2.64. The Hall–Kier alpha value is -2.23. The number of carboxylic acid groups (broad SMARTS) is 1. The van der Waals surface area contributed by atoms with Gasteiger partial charge in [-0.3, -0.25) is 0 Å². The van der Waals surface area contributed by atoms with E-state index in [1.54, 1.807) is 6.07 Å². The SMILES string of the molecule is CC(C)c1cc2cc(/C=C/C(=O)O)c([O-])cc2o1. The topological polar surface area (TPSA) is 73.5 Å². The van der Waals surface area contributed by atoms with E-state index in [1.165, 1.54) is 12.1 Å². The van der Waals surface area contributed by atoms with Gasteiger partial charge in [-0.15, -0.1) is 0 Å². The number of hydrogen-bond donors (Lipinski definition) is 1. The summed E-state index contributed by atoms with van der Waals surface area (Å²) in [6.45, 7) is 4.00. The minimum Gasteiger partial charge on any atom is -0.872 e. The van der Waals surface area contributed by atoms with E-state index in [0.29, 0.717) is 11.1 Å². The van der Waals surface area contributed by atoms with E-state index >= 15 is 0 Å². The molecule has 0 radical (unpaired) electrons. The first-order valence-electron chi connectivity index (χ1n) is 5.63. The van der Waals surface area contributed by atoms with E-state index in [2.05, 4.69) is 0 Å². The number of carboxylic acids is 1. The van der Waals surface area contributed by atoms with Gasteiger partial charge in [0.1, 0.15) is 11.3 Å². The Kier molecular flexibility index (Phi) is 3.10. The Labute approximate surface area is 104 Å². The Morgan fingerprint density at radius 2 is 2.11 bits per heavy atom. The molecular formula is C14H13O4-. The fraction of sp³-hybridized carbons (Fsp3) is 0.214. The lowest BCUT2D eigenvalue weighted by Gasteiger charge is -2.09. The largest absolute Gasteiger partial charge is 0.872 e. The molecule has 0 fully saturated rings. The minimum absolute atomic E-state index is 0.241. The van der Waals surface area contributed by atoms with Crippen molar-refractivity contribution in [3.05, 3.63) is 35.6 Å². The number of carbonyl (C=O) groups is 1. The van der Waals surface area contributed by atoms with Gasteiger partial charge in [0, 0.05) is 17.4 Å². The molecule has 0 aliphatic carbocycles. The molecule has 18 heavy (non-hydrogen) atoms. The third kappa shape index (κ3) is 2.37. The van der Waals surface area contributed by atoms with Crippen LogP contribution in [-0.4, -0.2) is 11.1 Å². The zero-order valence-electron chi connectivity index (χ0n) is 10.1. The van der Waals surface area contributed by atoms with Crippen molar-refractivity contribution in [2.45, 2.75) is 19.8 Å². The quantitative estimate of drug-likeness (QED) is 0.844. The van der Waals surface area contributed by atoms with Crippen molar-refractivity contribution < 1.29 is 19.4 Å². The van der Waals surface area contributed by atoms with Gasteiger partial charge in [0.05, 0.1) is 0 Å². The van der Waals surface area contributed by atoms with Crippen molar-refractivity contribution in [2.75, 3.05) is 0 Å². The maximum absolute atomic E-state index is 11.7. The molecule has 1 N–H and O–H groups in total. The van der Waals surface area contributed by atoms with Crippen LogP contribution in [0, 0.1) is 0 Å². The van der Waals surface area contributed by atoms with Gasteiger partial charge in [0.2, 0.25) is 0 Å². The number of fused-ring (bicyclic) bond motifs is 1. The van der Waals surface area contributed by atoms with Gasteiger partial charge in [-0.05, 0) is 29.8 Å². The van der Waals surface area contributed by atoms with Crippen LogP contribution in [0.4, 0.5) is 0 Å². The van der Waals surface area contributed by atoms with Crippen LogP contribution in [-0.2, 0) is 4.79 Å². The highest BCUT2D eigenvalue weighted by Crippen LogP contribution is 2.29. The Balaban J connectivity index is 2.50. The van der Waals surface area contributed by atoms with Crippen LogP contribution in [0.5, 0.6) is 5.75 Å². The monoisotopic (exact) mass is 245 g/mol. The predicted octanol–water partition coefficient (Wildman–Crippen LogP) is 2.73. The summed E-state index contributed by atoms with van der Waals surface area (Å²) in [5, 5.41) is 21.1. The second-order valence-corrected chi connectivity index (χ2v) is 4.40. The molecule has 94 valence electrons. The maximum Gasteiger partial charge on any atom is 0.328 e. The summed E-state index contributed by atoms with van der Waals surface area (Å²) in [6, 6.07) is 4.91. The average Bonchev–Trinajstić information content (AvgIpc) is 2.68.